The number of H-pyrrole nitrogens is 1. The fraction of sp³-hybridized carbons (Fsp3) is 0.0500. The predicted octanol–water partition coefficient (Wildman–Crippen LogP) is 4.34. The van der Waals surface area contributed by atoms with Crippen LogP contribution in [-0.4, -0.2) is 18.4 Å². The highest BCUT2D eigenvalue weighted by Gasteiger charge is 2.14. The van der Waals surface area contributed by atoms with Crippen LogP contribution in [0.15, 0.2) is 77.7 Å². The molecule has 0 atom stereocenters. The zero-order valence-electron chi connectivity index (χ0n) is 14.1. The average Bonchev–Trinajstić information content (AvgIpc) is 3.06. The van der Waals surface area contributed by atoms with Gasteiger partial charge in [0.15, 0.2) is 0 Å². The summed E-state index contributed by atoms with van der Waals surface area (Å²) in [4.78, 5) is 8.05. The van der Waals surface area contributed by atoms with Gasteiger partial charge in [0.2, 0.25) is 0 Å². The molecule has 26 heavy (non-hydrogen) atoms. The Kier molecular flexibility index (Phi) is 3.97. The standard InChI is InChI=1S/C20H17N3O2S/c1-14-6-12-17(13-7-14)26(24,25)23-16-10-8-15(9-11-16)20-21-18-4-2-3-5-19(18)22-20/h2-13,23H,1H3,(H,21,22). The number of rotatable bonds is 4. The van der Waals surface area contributed by atoms with E-state index in [1.165, 1.54) is 0 Å². The Bertz CT molecular complexity index is 1130. The molecule has 0 radical (unpaired) electrons. The van der Waals surface area contributed by atoms with E-state index < -0.39 is 10.0 Å². The molecular formula is C20H17N3O2S. The van der Waals surface area contributed by atoms with Crippen LogP contribution in [0.4, 0.5) is 5.69 Å². The van der Waals surface area contributed by atoms with Crippen LogP contribution >= 0.6 is 0 Å². The van der Waals surface area contributed by atoms with Gasteiger partial charge < -0.3 is 4.98 Å². The summed E-state index contributed by atoms with van der Waals surface area (Å²) in [6, 6.07) is 21.7. The van der Waals surface area contributed by atoms with E-state index in [1.807, 2.05) is 43.3 Å². The summed E-state index contributed by atoms with van der Waals surface area (Å²) in [5.74, 6) is 0.749. The van der Waals surface area contributed by atoms with Crippen molar-refractivity contribution in [2.45, 2.75) is 11.8 Å². The highest BCUT2D eigenvalue weighted by atomic mass is 32.2. The number of nitrogens with zero attached hydrogens (tertiary/aromatic N) is 1. The number of aryl methyl sites for hydroxylation is 1. The maximum Gasteiger partial charge on any atom is 0.261 e. The van der Waals surface area contributed by atoms with Crippen LogP contribution < -0.4 is 4.72 Å². The third-order valence-electron chi connectivity index (χ3n) is 4.13. The second-order valence-corrected chi connectivity index (χ2v) is 7.78. The molecule has 0 aliphatic carbocycles. The number of imidazole rings is 1. The van der Waals surface area contributed by atoms with Crippen molar-refractivity contribution in [3.05, 3.63) is 78.4 Å². The van der Waals surface area contributed by atoms with Crippen molar-refractivity contribution < 1.29 is 8.42 Å². The van der Waals surface area contributed by atoms with Gasteiger partial charge in [-0.25, -0.2) is 13.4 Å². The Morgan fingerprint density at radius 1 is 0.885 bits per heavy atom. The second-order valence-electron chi connectivity index (χ2n) is 6.10. The molecule has 0 unspecified atom stereocenters. The fourth-order valence-electron chi connectivity index (χ4n) is 2.72. The van der Waals surface area contributed by atoms with Crippen LogP contribution in [0.3, 0.4) is 0 Å². The van der Waals surface area contributed by atoms with E-state index in [1.54, 1.807) is 36.4 Å². The molecule has 4 aromatic rings. The molecule has 5 nitrogen and oxygen atoms in total. The zero-order chi connectivity index (χ0) is 18.1. The minimum atomic E-state index is -3.60. The topological polar surface area (TPSA) is 74.8 Å². The number of para-hydroxylation sites is 2. The molecular weight excluding hydrogens is 346 g/mol. The van der Waals surface area contributed by atoms with E-state index in [4.69, 9.17) is 0 Å². The van der Waals surface area contributed by atoms with Gasteiger partial charge in [0.25, 0.3) is 10.0 Å². The van der Waals surface area contributed by atoms with E-state index in [2.05, 4.69) is 14.7 Å². The van der Waals surface area contributed by atoms with E-state index in [0.29, 0.717) is 5.69 Å². The molecule has 0 saturated heterocycles. The van der Waals surface area contributed by atoms with Crippen LogP contribution in [0.2, 0.25) is 0 Å². The first-order valence-electron chi connectivity index (χ1n) is 8.16. The Morgan fingerprint density at radius 2 is 1.58 bits per heavy atom. The lowest BCUT2D eigenvalue weighted by Crippen LogP contribution is -2.12. The van der Waals surface area contributed by atoms with Gasteiger partial charge in [0, 0.05) is 11.3 Å². The SMILES string of the molecule is Cc1ccc(S(=O)(=O)Nc2ccc(-c3nc4ccccc4[nH]3)cc2)cc1. The van der Waals surface area contributed by atoms with Crippen LogP contribution in [0.1, 0.15) is 5.56 Å². The van der Waals surface area contributed by atoms with Crippen molar-refractivity contribution >= 4 is 26.7 Å². The molecule has 2 N–H and O–H groups in total. The van der Waals surface area contributed by atoms with Gasteiger partial charge >= 0.3 is 0 Å². The first-order valence-corrected chi connectivity index (χ1v) is 9.64. The molecule has 130 valence electrons. The lowest BCUT2D eigenvalue weighted by atomic mass is 10.2. The lowest BCUT2D eigenvalue weighted by Gasteiger charge is -2.08. The summed E-state index contributed by atoms with van der Waals surface area (Å²) < 4.78 is 27.5. The first kappa shape index (κ1) is 16.4. The molecule has 1 heterocycles. The van der Waals surface area contributed by atoms with Crippen molar-refractivity contribution in [3.63, 3.8) is 0 Å². The maximum absolute atomic E-state index is 12.5. The highest BCUT2D eigenvalue weighted by molar-refractivity contribution is 7.92. The van der Waals surface area contributed by atoms with Gasteiger partial charge in [-0.15, -0.1) is 0 Å². The smallest absolute Gasteiger partial charge is 0.261 e. The van der Waals surface area contributed by atoms with Crippen LogP contribution in [0.25, 0.3) is 22.4 Å². The number of hydrogen-bond donors (Lipinski definition) is 2. The van der Waals surface area contributed by atoms with E-state index in [0.717, 1.165) is 28.0 Å². The summed E-state index contributed by atoms with van der Waals surface area (Å²) >= 11 is 0. The normalized spacial score (nSPS) is 11.6. The van der Waals surface area contributed by atoms with E-state index in [-0.39, 0.29) is 4.90 Å². The number of nitrogens with one attached hydrogen (secondary N) is 2. The molecule has 0 fully saturated rings. The quantitative estimate of drug-likeness (QED) is 0.566. The highest BCUT2D eigenvalue weighted by Crippen LogP contribution is 2.23. The number of hydrogen-bond acceptors (Lipinski definition) is 3. The van der Waals surface area contributed by atoms with Gasteiger partial charge in [-0.3, -0.25) is 4.72 Å². The number of aromatic amines is 1. The Balaban J connectivity index is 1.58. The Hall–Kier alpha value is -3.12. The monoisotopic (exact) mass is 363 g/mol. The maximum atomic E-state index is 12.5. The van der Waals surface area contributed by atoms with E-state index >= 15 is 0 Å². The summed E-state index contributed by atoms with van der Waals surface area (Å²) in [6.45, 7) is 1.92. The summed E-state index contributed by atoms with van der Waals surface area (Å²) in [5, 5.41) is 0. The summed E-state index contributed by atoms with van der Waals surface area (Å²) in [5.41, 5.74) is 4.27. The minimum Gasteiger partial charge on any atom is -0.338 e. The number of sulfonamides is 1. The Morgan fingerprint density at radius 3 is 2.27 bits per heavy atom. The summed E-state index contributed by atoms with van der Waals surface area (Å²) in [7, 11) is -3.60. The number of aromatic nitrogens is 2. The largest absolute Gasteiger partial charge is 0.338 e. The van der Waals surface area contributed by atoms with Crippen molar-refractivity contribution in [2.75, 3.05) is 4.72 Å². The zero-order valence-corrected chi connectivity index (χ0v) is 14.9. The van der Waals surface area contributed by atoms with Gasteiger partial charge in [-0.05, 0) is 55.5 Å². The molecule has 4 rings (SSSR count). The van der Waals surface area contributed by atoms with Crippen molar-refractivity contribution in [3.8, 4) is 11.4 Å². The van der Waals surface area contributed by atoms with Crippen LogP contribution in [0, 0.1) is 6.92 Å². The van der Waals surface area contributed by atoms with Gasteiger partial charge in [-0.2, -0.15) is 0 Å². The van der Waals surface area contributed by atoms with Gasteiger partial charge in [0.1, 0.15) is 5.82 Å². The number of anilines is 1. The predicted molar refractivity (Wildman–Crippen MR) is 104 cm³/mol. The van der Waals surface area contributed by atoms with Crippen molar-refractivity contribution in [1.82, 2.24) is 9.97 Å². The molecule has 0 saturated carbocycles. The molecule has 0 bridgehead atoms. The molecule has 1 aromatic heterocycles. The molecule has 3 aromatic carbocycles. The fourth-order valence-corrected chi connectivity index (χ4v) is 3.78. The molecule has 0 aliphatic rings. The van der Waals surface area contributed by atoms with Gasteiger partial charge in [-0.1, -0.05) is 29.8 Å². The van der Waals surface area contributed by atoms with Crippen molar-refractivity contribution in [1.29, 1.82) is 0 Å². The lowest BCUT2D eigenvalue weighted by molar-refractivity contribution is 0.601. The van der Waals surface area contributed by atoms with Crippen LogP contribution in [0.5, 0.6) is 0 Å². The molecule has 6 heteroatoms. The van der Waals surface area contributed by atoms with Crippen molar-refractivity contribution in [2.24, 2.45) is 0 Å². The molecule has 0 aliphatic heterocycles. The van der Waals surface area contributed by atoms with Crippen LogP contribution in [-0.2, 0) is 10.0 Å². The molecule has 0 spiro atoms. The van der Waals surface area contributed by atoms with E-state index in [9.17, 15) is 8.42 Å². The third kappa shape index (κ3) is 3.19. The summed E-state index contributed by atoms with van der Waals surface area (Å²) in [6.07, 6.45) is 0. The number of benzene rings is 3. The average molecular weight is 363 g/mol. The molecule has 0 amide bonds. The Labute approximate surface area is 151 Å². The third-order valence-corrected chi connectivity index (χ3v) is 5.53. The minimum absolute atomic E-state index is 0.240. The number of fused-ring (bicyclic) bond motifs is 1. The first-order chi connectivity index (χ1) is 12.5. The second kappa shape index (κ2) is 6.31. The van der Waals surface area contributed by atoms with Gasteiger partial charge in [0.05, 0.1) is 15.9 Å².